The van der Waals surface area contributed by atoms with Gasteiger partial charge in [0.05, 0.1) is 21.1 Å². The van der Waals surface area contributed by atoms with Crippen molar-refractivity contribution in [3.63, 3.8) is 0 Å². The summed E-state index contributed by atoms with van der Waals surface area (Å²) in [5.74, 6) is 0.562. The summed E-state index contributed by atoms with van der Waals surface area (Å²) in [4.78, 5) is 9.24. The van der Waals surface area contributed by atoms with E-state index in [-0.39, 0.29) is 4.90 Å². The summed E-state index contributed by atoms with van der Waals surface area (Å²) in [7, 11) is -3.82. The van der Waals surface area contributed by atoms with E-state index in [1.165, 1.54) is 3.97 Å². The maximum Gasteiger partial charge on any atom is 0.268 e. The lowest BCUT2D eigenvalue weighted by Crippen LogP contribution is -2.11. The van der Waals surface area contributed by atoms with E-state index in [1.807, 2.05) is 48.6 Å². The summed E-state index contributed by atoms with van der Waals surface area (Å²) < 4.78 is 28.1. The first-order valence-electron chi connectivity index (χ1n) is 10.9. The fraction of sp³-hybridized carbons (Fsp3) is 0.0370. The number of allylic oxidation sites excluding steroid dienone is 1. The molecule has 0 spiro atoms. The van der Waals surface area contributed by atoms with E-state index in [1.54, 1.807) is 54.9 Å². The summed E-state index contributed by atoms with van der Waals surface area (Å²) in [6.07, 6.45) is 7.50. The molecule has 0 saturated carbocycles. The molecule has 5 aromatic rings. The van der Waals surface area contributed by atoms with E-state index < -0.39 is 10.0 Å². The Morgan fingerprint density at radius 2 is 1.74 bits per heavy atom. The van der Waals surface area contributed by atoms with Gasteiger partial charge in [-0.05, 0) is 35.9 Å². The molecule has 2 aromatic heterocycles. The number of benzene rings is 3. The van der Waals surface area contributed by atoms with Gasteiger partial charge in [-0.15, -0.1) is 0 Å². The van der Waals surface area contributed by atoms with E-state index in [0.29, 0.717) is 39.7 Å². The van der Waals surface area contributed by atoms with Gasteiger partial charge in [0.1, 0.15) is 5.82 Å². The van der Waals surface area contributed by atoms with Crippen LogP contribution in [0.25, 0.3) is 28.2 Å². The van der Waals surface area contributed by atoms with Crippen molar-refractivity contribution in [2.24, 2.45) is 0 Å². The molecule has 0 aliphatic carbocycles. The van der Waals surface area contributed by atoms with Gasteiger partial charge in [0.15, 0.2) is 0 Å². The standard InChI is InChI=1S/C27H21ClN4O2S/c28-24-17-30-26(15-7-9-19-8-6-10-20(29)16-19)31-27(24)23-18-32(25-14-5-4-13-22(23)25)35(33,34)21-11-2-1-3-12-21/h1-14,16-18H,15,29H2/b9-7+. The Morgan fingerprint density at radius 3 is 2.54 bits per heavy atom. The van der Waals surface area contributed by atoms with Crippen LogP contribution in [0.4, 0.5) is 5.69 Å². The zero-order chi connectivity index (χ0) is 24.4. The molecule has 0 aliphatic heterocycles. The molecule has 3 aromatic carbocycles. The van der Waals surface area contributed by atoms with Crippen molar-refractivity contribution in [1.82, 2.24) is 13.9 Å². The van der Waals surface area contributed by atoms with Crippen LogP contribution in [-0.4, -0.2) is 22.4 Å². The van der Waals surface area contributed by atoms with E-state index in [0.717, 1.165) is 10.9 Å². The number of fused-ring (bicyclic) bond motifs is 1. The van der Waals surface area contributed by atoms with Gasteiger partial charge >= 0.3 is 0 Å². The third-order valence-corrected chi connectivity index (χ3v) is 7.51. The van der Waals surface area contributed by atoms with Crippen LogP contribution in [0.1, 0.15) is 11.4 Å². The molecule has 0 aliphatic rings. The Balaban J connectivity index is 1.56. The molecule has 35 heavy (non-hydrogen) atoms. The minimum atomic E-state index is -3.82. The third kappa shape index (κ3) is 4.56. The van der Waals surface area contributed by atoms with Crippen LogP contribution in [0, 0.1) is 0 Å². The first-order valence-corrected chi connectivity index (χ1v) is 12.7. The van der Waals surface area contributed by atoms with Gasteiger partial charge < -0.3 is 5.73 Å². The normalized spacial score (nSPS) is 11.9. The van der Waals surface area contributed by atoms with Crippen molar-refractivity contribution in [3.8, 4) is 11.3 Å². The number of hydrogen-bond donors (Lipinski definition) is 1. The molecule has 2 N–H and O–H groups in total. The highest BCUT2D eigenvalue weighted by molar-refractivity contribution is 7.90. The SMILES string of the molecule is Nc1cccc(/C=C/Cc2ncc(Cl)c(-c3cn(S(=O)(=O)c4ccccc4)c4ccccc34)n2)c1. The number of rotatable bonds is 6. The number of nitrogens with two attached hydrogens (primary N) is 1. The van der Waals surface area contributed by atoms with Crippen molar-refractivity contribution < 1.29 is 8.42 Å². The molecular formula is C27H21ClN4O2S. The molecule has 6 nitrogen and oxygen atoms in total. The molecule has 0 fully saturated rings. The van der Waals surface area contributed by atoms with Gasteiger partial charge in [0.2, 0.25) is 0 Å². The number of halogens is 1. The Morgan fingerprint density at radius 1 is 0.971 bits per heavy atom. The lowest BCUT2D eigenvalue weighted by Gasteiger charge is -2.07. The summed E-state index contributed by atoms with van der Waals surface area (Å²) in [6, 6.07) is 23.2. The third-order valence-electron chi connectivity index (χ3n) is 5.55. The van der Waals surface area contributed by atoms with E-state index >= 15 is 0 Å². The number of nitrogens with zero attached hydrogens (tertiary/aromatic N) is 3. The maximum atomic E-state index is 13.4. The first-order chi connectivity index (χ1) is 16.9. The monoisotopic (exact) mass is 500 g/mol. The van der Waals surface area contributed by atoms with E-state index in [4.69, 9.17) is 17.3 Å². The van der Waals surface area contributed by atoms with E-state index in [9.17, 15) is 8.42 Å². The van der Waals surface area contributed by atoms with Crippen LogP contribution < -0.4 is 5.73 Å². The predicted octanol–water partition coefficient (Wildman–Crippen LogP) is 5.83. The molecule has 2 heterocycles. The van der Waals surface area contributed by atoms with Crippen molar-refractivity contribution in [2.45, 2.75) is 11.3 Å². The highest BCUT2D eigenvalue weighted by atomic mass is 35.5. The highest BCUT2D eigenvalue weighted by Gasteiger charge is 2.23. The molecular weight excluding hydrogens is 480 g/mol. The summed E-state index contributed by atoms with van der Waals surface area (Å²) in [5.41, 5.74) is 9.16. The topological polar surface area (TPSA) is 90.9 Å². The Hall–Kier alpha value is -3.94. The van der Waals surface area contributed by atoms with Crippen molar-refractivity contribution in [1.29, 1.82) is 0 Å². The Kier molecular flexibility index (Phi) is 6.11. The van der Waals surface area contributed by atoms with Crippen molar-refractivity contribution >= 4 is 44.3 Å². The first kappa shape index (κ1) is 22.8. The fourth-order valence-corrected chi connectivity index (χ4v) is 5.48. The number of aromatic nitrogens is 3. The van der Waals surface area contributed by atoms with Crippen LogP contribution in [-0.2, 0) is 16.4 Å². The van der Waals surface area contributed by atoms with Crippen molar-refractivity contribution in [3.05, 3.63) is 114 Å². The fourth-order valence-electron chi connectivity index (χ4n) is 3.90. The summed E-state index contributed by atoms with van der Waals surface area (Å²) in [6.45, 7) is 0. The minimum absolute atomic E-state index is 0.202. The minimum Gasteiger partial charge on any atom is -0.399 e. The predicted molar refractivity (Wildman–Crippen MR) is 141 cm³/mol. The van der Waals surface area contributed by atoms with Crippen LogP contribution in [0.5, 0.6) is 0 Å². The maximum absolute atomic E-state index is 13.4. The van der Waals surface area contributed by atoms with Crippen LogP contribution in [0.15, 0.2) is 102 Å². The van der Waals surface area contributed by atoms with Crippen LogP contribution in [0.2, 0.25) is 5.02 Å². The molecule has 0 unspecified atom stereocenters. The zero-order valence-corrected chi connectivity index (χ0v) is 20.1. The average molecular weight is 501 g/mol. The van der Waals surface area contributed by atoms with E-state index in [2.05, 4.69) is 9.97 Å². The number of nitrogen functional groups attached to an aromatic ring is 1. The Labute approximate surface area is 208 Å². The van der Waals surface area contributed by atoms with Gasteiger partial charge in [-0.3, -0.25) is 0 Å². The lowest BCUT2D eigenvalue weighted by atomic mass is 10.1. The van der Waals surface area contributed by atoms with Gasteiger partial charge in [0.25, 0.3) is 10.0 Å². The van der Waals surface area contributed by atoms with Crippen LogP contribution in [0.3, 0.4) is 0 Å². The largest absolute Gasteiger partial charge is 0.399 e. The number of para-hydroxylation sites is 1. The lowest BCUT2D eigenvalue weighted by molar-refractivity contribution is 0.589. The average Bonchev–Trinajstić information content (AvgIpc) is 3.26. The Bertz CT molecular complexity index is 1660. The summed E-state index contributed by atoms with van der Waals surface area (Å²) in [5, 5.41) is 1.07. The second-order valence-electron chi connectivity index (χ2n) is 7.93. The van der Waals surface area contributed by atoms with Gasteiger partial charge in [-0.2, -0.15) is 0 Å². The van der Waals surface area contributed by atoms with Crippen molar-refractivity contribution in [2.75, 3.05) is 5.73 Å². The second kappa shape index (κ2) is 9.37. The molecule has 8 heteroatoms. The molecule has 0 amide bonds. The smallest absolute Gasteiger partial charge is 0.268 e. The van der Waals surface area contributed by atoms with Gasteiger partial charge in [-0.1, -0.05) is 72.3 Å². The van der Waals surface area contributed by atoms with Crippen LogP contribution >= 0.6 is 11.6 Å². The molecule has 174 valence electrons. The molecule has 5 rings (SSSR count). The van der Waals surface area contributed by atoms with Gasteiger partial charge in [-0.25, -0.2) is 22.4 Å². The number of anilines is 1. The quantitative estimate of drug-likeness (QED) is 0.296. The molecule has 0 atom stereocenters. The molecule has 0 saturated heterocycles. The number of hydrogen-bond acceptors (Lipinski definition) is 5. The molecule has 0 bridgehead atoms. The molecule has 0 radical (unpaired) electrons. The summed E-state index contributed by atoms with van der Waals surface area (Å²) >= 11 is 6.50. The second-order valence-corrected chi connectivity index (χ2v) is 10.2. The zero-order valence-electron chi connectivity index (χ0n) is 18.5. The van der Waals surface area contributed by atoms with Gasteiger partial charge in [0, 0.05) is 35.5 Å². The highest BCUT2D eigenvalue weighted by Crippen LogP contribution is 2.35.